The Balaban J connectivity index is 1.41. The van der Waals surface area contributed by atoms with Gasteiger partial charge in [-0.05, 0) is 85.0 Å². The van der Waals surface area contributed by atoms with Gasteiger partial charge in [-0.3, -0.25) is 0 Å². The SMILES string of the molecule is COc1cccc(CNC(=O)N2Cc3c(sc4c3CCCC4)-n3cccc3C2c2ccc(SC)cc2)c1. The Kier molecular flexibility index (Phi) is 6.74. The van der Waals surface area contributed by atoms with Gasteiger partial charge in [0.05, 0.1) is 25.4 Å². The van der Waals surface area contributed by atoms with E-state index in [0.717, 1.165) is 35.4 Å². The minimum Gasteiger partial charge on any atom is -0.497 e. The molecule has 0 saturated heterocycles. The molecule has 7 heteroatoms. The third kappa shape index (κ3) is 4.55. The highest BCUT2D eigenvalue weighted by Gasteiger charge is 2.36. The van der Waals surface area contributed by atoms with Crippen molar-refractivity contribution in [2.45, 2.75) is 49.7 Å². The summed E-state index contributed by atoms with van der Waals surface area (Å²) in [6.07, 6.45) is 8.97. The van der Waals surface area contributed by atoms with Crippen LogP contribution in [0.2, 0.25) is 0 Å². The molecule has 0 radical (unpaired) electrons. The number of methoxy groups -OCH3 is 1. The van der Waals surface area contributed by atoms with Crippen LogP contribution in [0.5, 0.6) is 5.75 Å². The summed E-state index contributed by atoms with van der Waals surface area (Å²) in [7, 11) is 1.66. The van der Waals surface area contributed by atoms with Gasteiger partial charge in [-0.2, -0.15) is 0 Å². The van der Waals surface area contributed by atoms with E-state index in [9.17, 15) is 4.79 Å². The topological polar surface area (TPSA) is 46.5 Å². The van der Waals surface area contributed by atoms with Crippen LogP contribution in [0.1, 0.15) is 51.7 Å². The number of nitrogens with one attached hydrogen (secondary N) is 1. The number of carbonyl (C=O) groups excluding carboxylic acids is 1. The Labute approximate surface area is 226 Å². The molecule has 6 rings (SSSR count). The van der Waals surface area contributed by atoms with Gasteiger partial charge in [-0.25, -0.2) is 4.79 Å². The minimum absolute atomic E-state index is 0.0573. The number of nitrogens with zero attached hydrogens (tertiary/aromatic N) is 2. The fraction of sp³-hybridized carbons (Fsp3) is 0.300. The number of urea groups is 1. The average Bonchev–Trinajstić information content (AvgIpc) is 3.54. The van der Waals surface area contributed by atoms with Gasteiger partial charge in [0.15, 0.2) is 0 Å². The van der Waals surface area contributed by atoms with Gasteiger partial charge in [0, 0.05) is 28.1 Å². The Morgan fingerprint density at radius 1 is 1.08 bits per heavy atom. The van der Waals surface area contributed by atoms with Crippen LogP contribution >= 0.6 is 23.1 Å². The lowest BCUT2D eigenvalue weighted by molar-refractivity contribution is 0.180. The summed E-state index contributed by atoms with van der Waals surface area (Å²) in [5.74, 6) is 0.792. The lowest BCUT2D eigenvalue weighted by Crippen LogP contribution is -2.41. The van der Waals surface area contributed by atoms with E-state index in [4.69, 9.17) is 4.74 Å². The lowest BCUT2D eigenvalue weighted by Gasteiger charge is -2.31. The van der Waals surface area contributed by atoms with Crippen molar-refractivity contribution in [3.8, 4) is 10.8 Å². The molecule has 1 unspecified atom stereocenters. The predicted octanol–water partition coefficient (Wildman–Crippen LogP) is 6.96. The number of aromatic nitrogens is 1. The van der Waals surface area contributed by atoms with Crippen LogP contribution in [0.4, 0.5) is 4.79 Å². The molecule has 1 aliphatic heterocycles. The van der Waals surface area contributed by atoms with Crippen LogP contribution in [-0.4, -0.2) is 28.9 Å². The van der Waals surface area contributed by atoms with Crippen molar-refractivity contribution in [3.63, 3.8) is 0 Å². The zero-order valence-electron chi connectivity index (χ0n) is 21.2. The molecule has 2 aromatic heterocycles. The first-order valence-electron chi connectivity index (χ1n) is 12.8. The lowest BCUT2D eigenvalue weighted by atomic mass is 9.95. The molecule has 4 aromatic rings. The van der Waals surface area contributed by atoms with E-state index >= 15 is 0 Å². The van der Waals surface area contributed by atoms with Crippen LogP contribution in [0.15, 0.2) is 71.8 Å². The Hall–Kier alpha value is -3.16. The number of rotatable bonds is 5. The van der Waals surface area contributed by atoms with Crippen LogP contribution < -0.4 is 10.1 Å². The van der Waals surface area contributed by atoms with Crippen molar-refractivity contribution >= 4 is 29.1 Å². The minimum atomic E-state index is -0.185. The summed E-state index contributed by atoms with van der Waals surface area (Å²) in [6, 6.07) is 20.6. The van der Waals surface area contributed by atoms with E-state index in [1.54, 1.807) is 18.9 Å². The maximum atomic E-state index is 14.0. The second kappa shape index (κ2) is 10.3. The average molecular weight is 530 g/mol. The highest BCUT2D eigenvalue weighted by Crippen LogP contribution is 2.44. The van der Waals surface area contributed by atoms with E-state index < -0.39 is 0 Å². The molecule has 2 aromatic carbocycles. The van der Waals surface area contributed by atoms with Crippen LogP contribution in [-0.2, 0) is 25.9 Å². The number of benzene rings is 2. The first-order chi connectivity index (χ1) is 18.2. The molecule has 1 aliphatic carbocycles. The van der Waals surface area contributed by atoms with Crippen molar-refractivity contribution < 1.29 is 9.53 Å². The van der Waals surface area contributed by atoms with E-state index in [1.165, 1.54) is 38.7 Å². The number of amides is 2. The van der Waals surface area contributed by atoms with E-state index in [0.29, 0.717) is 13.1 Å². The van der Waals surface area contributed by atoms with E-state index in [-0.39, 0.29) is 12.1 Å². The maximum Gasteiger partial charge on any atom is 0.318 e. The molecule has 0 spiro atoms. The van der Waals surface area contributed by atoms with Crippen LogP contribution in [0.25, 0.3) is 5.00 Å². The molecule has 37 heavy (non-hydrogen) atoms. The van der Waals surface area contributed by atoms with Gasteiger partial charge >= 0.3 is 6.03 Å². The Morgan fingerprint density at radius 2 is 1.92 bits per heavy atom. The monoisotopic (exact) mass is 529 g/mol. The first-order valence-corrected chi connectivity index (χ1v) is 14.8. The van der Waals surface area contributed by atoms with E-state index in [2.05, 4.69) is 58.7 Å². The van der Waals surface area contributed by atoms with Crippen LogP contribution in [0.3, 0.4) is 0 Å². The second-order valence-electron chi connectivity index (χ2n) is 9.61. The molecule has 1 atom stereocenters. The number of thioether (sulfide) groups is 1. The predicted molar refractivity (Wildman–Crippen MR) is 151 cm³/mol. The standard InChI is InChI=1S/C30H31N3O2S2/c1-35-22-8-5-7-20(17-22)18-31-30(34)33-19-25-24-9-3-4-11-27(24)37-29(25)32-16-6-10-26(32)28(33)21-12-14-23(36-2)15-13-21/h5-8,10,12-17,28H,3-4,9,11,18-19H2,1-2H3,(H,31,34). The van der Waals surface area contributed by atoms with Gasteiger partial charge in [0.25, 0.3) is 0 Å². The molecule has 0 fully saturated rings. The molecule has 2 aliphatic rings. The number of thiophene rings is 1. The first kappa shape index (κ1) is 24.2. The zero-order chi connectivity index (χ0) is 25.4. The van der Waals surface area contributed by atoms with Crippen molar-refractivity contribution in [2.75, 3.05) is 13.4 Å². The molecule has 2 amide bonds. The largest absolute Gasteiger partial charge is 0.497 e. The van der Waals surface area contributed by atoms with Gasteiger partial charge in [-0.15, -0.1) is 23.1 Å². The quantitative estimate of drug-likeness (QED) is 0.284. The number of fused-ring (bicyclic) bond motifs is 5. The van der Waals surface area contributed by atoms with Crippen molar-refractivity contribution in [1.29, 1.82) is 0 Å². The fourth-order valence-electron chi connectivity index (χ4n) is 5.59. The highest BCUT2D eigenvalue weighted by molar-refractivity contribution is 7.98. The molecule has 1 N–H and O–H groups in total. The molecule has 190 valence electrons. The number of carbonyl (C=O) groups is 1. The molecule has 0 bridgehead atoms. The summed E-state index contributed by atoms with van der Waals surface area (Å²) in [5, 5.41) is 4.50. The van der Waals surface area contributed by atoms with Crippen molar-refractivity contribution in [1.82, 2.24) is 14.8 Å². The third-order valence-corrected chi connectivity index (χ3v) is 9.53. The molecule has 5 nitrogen and oxygen atoms in total. The van der Waals surface area contributed by atoms with Crippen molar-refractivity contribution in [2.24, 2.45) is 0 Å². The molecular formula is C30H31N3O2S2. The second-order valence-corrected chi connectivity index (χ2v) is 11.6. The number of hydrogen-bond donors (Lipinski definition) is 1. The molecule has 3 heterocycles. The molecule has 0 saturated carbocycles. The summed E-state index contributed by atoms with van der Waals surface area (Å²) in [4.78, 5) is 18.7. The number of hydrogen-bond acceptors (Lipinski definition) is 4. The summed E-state index contributed by atoms with van der Waals surface area (Å²) < 4.78 is 7.71. The van der Waals surface area contributed by atoms with Gasteiger partial charge in [0.1, 0.15) is 10.8 Å². The zero-order valence-corrected chi connectivity index (χ0v) is 22.8. The van der Waals surface area contributed by atoms with Gasteiger partial charge < -0.3 is 19.5 Å². The number of aryl methyl sites for hydroxylation is 1. The summed E-state index contributed by atoms with van der Waals surface area (Å²) in [6.45, 7) is 1.04. The van der Waals surface area contributed by atoms with Crippen molar-refractivity contribution in [3.05, 3.63) is 99.7 Å². The van der Waals surface area contributed by atoms with Gasteiger partial charge in [0.2, 0.25) is 0 Å². The molecular weight excluding hydrogens is 498 g/mol. The number of ether oxygens (including phenoxy) is 1. The summed E-state index contributed by atoms with van der Waals surface area (Å²) >= 11 is 3.65. The normalized spacial score (nSPS) is 16.4. The maximum absolute atomic E-state index is 14.0. The smallest absolute Gasteiger partial charge is 0.318 e. The summed E-state index contributed by atoms with van der Waals surface area (Å²) in [5.41, 5.74) is 6.05. The van der Waals surface area contributed by atoms with E-state index in [1.807, 2.05) is 40.5 Å². The Bertz CT molecular complexity index is 1420. The third-order valence-electron chi connectivity index (χ3n) is 7.45. The Morgan fingerprint density at radius 3 is 2.73 bits per heavy atom. The van der Waals surface area contributed by atoms with Gasteiger partial charge in [-0.1, -0.05) is 24.3 Å². The fourth-order valence-corrected chi connectivity index (χ4v) is 7.40. The highest BCUT2D eigenvalue weighted by atomic mass is 32.2. The van der Waals surface area contributed by atoms with Crippen LogP contribution in [0, 0.1) is 0 Å².